The molecule has 0 amide bonds. The lowest BCUT2D eigenvalue weighted by atomic mass is 10.1. The van der Waals surface area contributed by atoms with Crippen LogP contribution < -0.4 is 5.73 Å². The maximum atomic E-state index is 10.7. The van der Waals surface area contributed by atoms with E-state index in [1.54, 1.807) is 12.1 Å². The summed E-state index contributed by atoms with van der Waals surface area (Å²) in [4.78, 5) is 10.7. The fourth-order valence-corrected chi connectivity index (χ4v) is 1.29. The number of carbonyl (C=O) groups is 1. The number of hydrogen-bond acceptors (Lipinski definition) is 3. The highest BCUT2D eigenvalue weighted by Crippen LogP contribution is 2.16. The molecule has 0 heterocycles. The third kappa shape index (κ3) is 3.32. The predicted octanol–water partition coefficient (Wildman–Crippen LogP) is 2.30. The van der Waals surface area contributed by atoms with E-state index in [4.69, 9.17) is 10.8 Å². The molecule has 0 atom stereocenters. The van der Waals surface area contributed by atoms with Crippen LogP contribution in [0.3, 0.4) is 0 Å². The highest BCUT2D eigenvalue weighted by atomic mass is 32.1. The van der Waals surface area contributed by atoms with Gasteiger partial charge in [0.25, 0.3) is 0 Å². The SMILES string of the molecule is Nc1ccc(C(=O)O)cc1C=CCCS. The van der Waals surface area contributed by atoms with Gasteiger partial charge in [-0.15, -0.1) is 0 Å². The number of aromatic carboxylic acids is 1. The Morgan fingerprint density at radius 3 is 2.87 bits per heavy atom. The summed E-state index contributed by atoms with van der Waals surface area (Å²) >= 11 is 4.07. The summed E-state index contributed by atoms with van der Waals surface area (Å²) in [6.07, 6.45) is 4.57. The molecule has 0 aliphatic carbocycles. The zero-order chi connectivity index (χ0) is 11.3. The lowest BCUT2D eigenvalue weighted by molar-refractivity contribution is 0.0697. The highest BCUT2D eigenvalue weighted by molar-refractivity contribution is 7.80. The van der Waals surface area contributed by atoms with Crippen LogP contribution in [-0.2, 0) is 0 Å². The van der Waals surface area contributed by atoms with E-state index in [1.165, 1.54) is 6.07 Å². The normalized spacial score (nSPS) is 10.7. The van der Waals surface area contributed by atoms with Crippen molar-refractivity contribution in [2.45, 2.75) is 6.42 Å². The monoisotopic (exact) mass is 223 g/mol. The lowest BCUT2D eigenvalue weighted by Gasteiger charge is -2.01. The van der Waals surface area contributed by atoms with E-state index in [2.05, 4.69) is 12.6 Å². The highest BCUT2D eigenvalue weighted by Gasteiger charge is 2.04. The Hall–Kier alpha value is -1.42. The number of rotatable bonds is 4. The molecule has 0 bridgehead atoms. The Labute approximate surface area is 94.0 Å². The first kappa shape index (κ1) is 11.7. The number of thiol groups is 1. The molecular formula is C11H13NO2S. The molecule has 4 heteroatoms. The van der Waals surface area contributed by atoms with Crippen molar-refractivity contribution in [3.05, 3.63) is 35.4 Å². The van der Waals surface area contributed by atoms with Gasteiger partial charge in [0.2, 0.25) is 0 Å². The van der Waals surface area contributed by atoms with Crippen molar-refractivity contribution in [1.82, 2.24) is 0 Å². The van der Waals surface area contributed by atoms with Gasteiger partial charge in [-0.1, -0.05) is 12.2 Å². The molecule has 0 saturated carbocycles. The summed E-state index contributed by atoms with van der Waals surface area (Å²) in [5, 5.41) is 8.79. The predicted molar refractivity (Wildman–Crippen MR) is 65.3 cm³/mol. The van der Waals surface area contributed by atoms with Crippen LogP contribution in [0.4, 0.5) is 5.69 Å². The van der Waals surface area contributed by atoms with Gasteiger partial charge in [-0.3, -0.25) is 0 Å². The second-order valence-electron chi connectivity index (χ2n) is 3.06. The summed E-state index contributed by atoms with van der Waals surface area (Å²) in [5.74, 6) is -0.187. The Bertz CT molecular complexity index is 388. The Balaban J connectivity index is 2.95. The van der Waals surface area contributed by atoms with Crippen LogP contribution in [-0.4, -0.2) is 16.8 Å². The first-order valence-corrected chi connectivity index (χ1v) is 5.18. The van der Waals surface area contributed by atoms with Crippen molar-refractivity contribution >= 4 is 30.4 Å². The summed E-state index contributed by atoms with van der Waals surface area (Å²) in [7, 11) is 0. The van der Waals surface area contributed by atoms with Gasteiger partial charge >= 0.3 is 5.97 Å². The first-order valence-electron chi connectivity index (χ1n) is 4.55. The van der Waals surface area contributed by atoms with E-state index in [0.29, 0.717) is 5.69 Å². The smallest absolute Gasteiger partial charge is 0.335 e. The van der Waals surface area contributed by atoms with Crippen LogP contribution in [0.5, 0.6) is 0 Å². The second kappa shape index (κ2) is 5.46. The third-order valence-corrected chi connectivity index (χ3v) is 2.19. The molecule has 3 N–H and O–H groups in total. The van der Waals surface area contributed by atoms with E-state index in [0.717, 1.165) is 17.7 Å². The average molecular weight is 223 g/mol. The van der Waals surface area contributed by atoms with Crippen molar-refractivity contribution in [2.24, 2.45) is 0 Å². The van der Waals surface area contributed by atoms with Crippen LogP contribution in [0.25, 0.3) is 6.08 Å². The topological polar surface area (TPSA) is 63.3 Å². The number of carboxylic acids is 1. The fraction of sp³-hybridized carbons (Fsp3) is 0.182. The molecular weight excluding hydrogens is 210 g/mol. The largest absolute Gasteiger partial charge is 0.478 e. The van der Waals surface area contributed by atoms with Gasteiger partial charge in [0.05, 0.1) is 5.56 Å². The second-order valence-corrected chi connectivity index (χ2v) is 3.51. The summed E-state index contributed by atoms with van der Waals surface area (Å²) < 4.78 is 0. The van der Waals surface area contributed by atoms with Crippen LogP contribution >= 0.6 is 12.6 Å². The van der Waals surface area contributed by atoms with Gasteiger partial charge in [0.1, 0.15) is 0 Å². The molecule has 0 spiro atoms. The van der Waals surface area contributed by atoms with Crippen LogP contribution in [0, 0.1) is 0 Å². The molecule has 1 aromatic rings. The summed E-state index contributed by atoms with van der Waals surface area (Å²) in [6.45, 7) is 0. The third-order valence-electron chi connectivity index (χ3n) is 1.93. The molecule has 0 unspecified atom stereocenters. The lowest BCUT2D eigenvalue weighted by Crippen LogP contribution is -1.98. The van der Waals surface area contributed by atoms with Gasteiger partial charge in [0.15, 0.2) is 0 Å². The van der Waals surface area contributed by atoms with E-state index in [9.17, 15) is 4.79 Å². The van der Waals surface area contributed by atoms with Crippen LogP contribution in [0.2, 0.25) is 0 Å². The molecule has 80 valence electrons. The molecule has 1 rings (SSSR count). The Kier molecular flexibility index (Phi) is 4.24. The van der Waals surface area contributed by atoms with Crippen molar-refractivity contribution in [3.63, 3.8) is 0 Å². The van der Waals surface area contributed by atoms with Crippen LogP contribution in [0.15, 0.2) is 24.3 Å². The number of nitrogens with two attached hydrogens (primary N) is 1. The number of allylic oxidation sites excluding steroid dienone is 1. The maximum Gasteiger partial charge on any atom is 0.335 e. The quantitative estimate of drug-likeness (QED) is 0.542. The molecule has 0 aliphatic rings. The van der Waals surface area contributed by atoms with E-state index in [-0.39, 0.29) is 5.56 Å². The molecule has 1 aromatic carbocycles. The number of nitrogen functional groups attached to an aromatic ring is 1. The summed E-state index contributed by atoms with van der Waals surface area (Å²) in [5.41, 5.74) is 7.27. The van der Waals surface area contributed by atoms with Crippen molar-refractivity contribution in [1.29, 1.82) is 0 Å². The zero-order valence-corrected chi connectivity index (χ0v) is 9.08. The first-order chi connectivity index (χ1) is 7.15. The van der Waals surface area contributed by atoms with Crippen molar-refractivity contribution < 1.29 is 9.90 Å². The van der Waals surface area contributed by atoms with Crippen molar-refractivity contribution in [3.8, 4) is 0 Å². The van der Waals surface area contributed by atoms with Gasteiger partial charge in [-0.2, -0.15) is 12.6 Å². The molecule has 0 radical (unpaired) electrons. The van der Waals surface area contributed by atoms with Gasteiger partial charge < -0.3 is 10.8 Å². The van der Waals surface area contributed by atoms with Crippen molar-refractivity contribution in [2.75, 3.05) is 11.5 Å². The number of anilines is 1. The molecule has 3 nitrogen and oxygen atoms in total. The van der Waals surface area contributed by atoms with E-state index >= 15 is 0 Å². The average Bonchev–Trinajstić information content (AvgIpc) is 2.20. The number of carboxylic acid groups (broad SMARTS) is 1. The zero-order valence-electron chi connectivity index (χ0n) is 8.18. The van der Waals surface area contributed by atoms with E-state index < -0.39 is 5.97 Å². The summed E-state index contributed by atoms with van der Waals surface area (Å²) in [6, 6.07) is 4.66. The standard InChI is InChI=1S/C11H13NO2S/c12-10-5-4-9(11(13)14)7-8(10)3-1-2-6-15/h1,3-5,7,15H,2,6,12H2,(H,13,14). The minimum atomic E-state index is -0.946. The van der Waals surface area contributed by atoms with Gasteiger partial charge in [-0.25, -0.2) is 4.79 Å². The number of benzene rings is 1. The molecule has 0 saturated heterocycles. The number of hydrogen-bond donors (Lipinski definition) is 3. The Morgan fingerprint density at radius 1 is 1.53 bits per heavy atom. The van der Waals surface area contributed by atoms with E-state index in [1.807, 2.05) is 12.2 Å². The maximum absolute atomic E-state index is 10.7. The van der Waals surface area contributed by atoms with Gasteiger partial charge in [-0.05, 0) is 35.9 Å². The van der Waals surface area contributed by atoms with Gasteiger partial charge in [0, 0.05) is 5.69 Å². The Morgan fingerprint density at radius 2 is 2.27 bits per heavy atom. The van der Waals surface area contributed by atoms with Crippen LogP contribution in [0.1, 0.15) is 22.3 Å². The molecule has 15 heavy (non-hydrogen) atoms. The molecule has 0 aromatic heterocycles. The molecule has 0 aliphatic heterocycles. The molecule has 0 fully saturated rings. The minimum absolute atomic E-state index is 0.245. The minimum Gasteiger partial charge on any atom is -0.478 e. The fourth-order valence-electron chi connectivity index (χ4n) is 1.14.